The van der Waals surface area contributed by atoms with Gasteiger partial charge in [0.05, 0.1) is 5.02 Å². The number of benzene rings is 1. The Morgan fingerprint density at radius 1 is 1.60 bits per heavy atom. The van der Waals surface area contributed by atoms with Crippen molar-refractivity contribution in [3.05, 3.63) is 37.7 Å². The van der Waals surface area contributed by atoms with Crippen LogP contribution in [0.4, 0.5) is 0 Å². The highest BCUT2D eigenvalue weighted by atomic mass is 35.5. The number of nitroso groups, excluding NO2 is 1. The van der Waals surface area contributed by atoms with Crippen molar-refractivity contribution in [2.45, 2.75) is 13.5 Å². The van der Waals surface area contributed by atoms with Crippen molar-refractivity contribution in [2.75, 3.05) is 0 Å². The number of hydrogen-bond donors (Lipinski definition) is 1. The molecule has 78 valence electrons. The zero-order valence-corrected chi connectivity index (χ0v) is 8.59. The summed E-state index contributed by atoms with van der Waals surface area (Å²) in [6.07, 6.45) is 0. The van der Waals surface area contributed by atoms with E-state index in [4.69, 9.17) is 16.0 Å². The van der Waals surface area contributed by atoms with E-state index in [1.54, 1.807) is 13.0 Å². The second kappa shape index (κ2) is 3.51. The van der Waals surface area contributed by atoms with Crippen molar-refractivity contribution in [3.8, 4) is 0 Å². The average Bonchev–Trinajstić information content (AvgIpc) is 2.56. The maximum atomic E-state index is 11.0. The third kappa shape index (κ3) is 1.55. The predicted octanol–water partition coefficient (Wildman–Crippen LogP) is 2.35. The molecule has 1 N–H and O–H groups in total. The van der Waals surface area contributed by atoms with Gasteiger partial charge in [-0.25, -0.2) is 4.79 Å². The minimum atomic E-state index is -0.567. The summed E-state index contributed by atoms with van der Waals surface area (Å²) in [6.45, 7) is 1.77. The first-order valence-electron chi connectivity index (χ1n) is 4.23. The molecule has 2 aromatic rings. The van der Waals surface area contributed by atoms with E-state index in [9.17, 15) is 9.70 Å². The largest absolute Gasteiger partial charge is 0.417 e. The summed E-state index contributed by atoms with van der Waals surface area (Å²) in [6, 6.07) is 1.59. The van der Waals surface area contributed by atoms with Gasteiger partial charge in [-0.2, -0.15) is 4.91 Å². The van der Waals surface area contributed by atoms with Gasteiger partial charge in [0.1, 0.15) is 12.1 Å². The van der Waals surface area contributed by atoms with Gasteiger partial charge < -0.3 is 4.42 Å². The number of hydrogen-bond acceptors (Lipinski definition) is 4. The zero-order valence-electron chi connectivity index (χ0n) is 7.83. The highest BCUT2D eigenvalue weighted by molar-refractivity contribution is 6.35. The van der Waals surface area contributed by atoms with Crippen molar-refractivity contribution >= 4 is 22.7 Å². The van der Waals surface area contributed by atoms with E-state index in [0.717, 1.165) is 5.56 Å². The lowest BCUT2D eigenvalue weighted by Crippen LogP contribution is -1.93. The molecule has 0 saturated heterocycles. The quantitative estimate of drug-likeness (QED) is 0.799. The Kier molecular flexibility index (Phi) is 2.32. The fraction of sp³-hybridized carbons (Fsp3) is 0.222. The smallest absolute Gasteiger partial charge is 0.408 e. The van der Waals surface area contributed by atoms with E-state index >= 15 is 0 Å². The third-order valence-corrected chi connectivity index (χ3v) is 2.72. The monoisotopic (exact) mass is 226 g/mol. The number of halogens is 1. The van der Waals surface area contributed by atoms with E-state index in [-0.39, 0.29) is 6.54 Å². The lowest BCUT2D eigenvalue weighted by atomic mass is 10.1. The van der Waals surface area contributed by atoms with Gasteiger partial charge in [0.25, 0.3) is 0 Å². The molecular formula is C9H7ClN2O3. The number of aromatic amines is 1. The molecule has 5 nitrogen and oxygen atoms in total. The molecular weight excluding hydrogens is 220 g/mol. The Balaban J connectivity index is 2.80. The fourth-order valence-electron chi connectivity index (χ4n) is 1.43. The summed E-state index contributed by atoms with van der Waals surface area (Å²) < 4.78 is 4.85. The van der Waals surface area contributed by atoms with Gasteiger partial charge in [0, 0.05) is 0 Å². The molecule has 1 heterocycles. The number of oxazole rings is 1. The molecule has 0 fully saturated rings. The second-order valence-corrected chi connectivity index (χ2v) is 3.53. The highest BCUT2D eigenvalue weighted by Crippen LogP contribution is 2.28. The normalized spacial score (nSPS) is 10.8. The van der Waals surface area contributed by atoms with Gasteiger partial charge in [-0.1, -0.05) is 16.8 Å². The Labute approximate surface area is 89.0 Å². The molecule has 0 bridgehead atoms. The van der Waals surface area contributed by atoms with Crippen LogP contribution in [0.5, 0.6) is 0 Å². The van der Waals surface area contributed by atoms with E-state index in [1.807, 2.05) is 0 Å². The van der Waals surface area contributed by atoms with Crippen molar-refractivity contribution in [2.24, 2.45) is 5.18 Å². The standard InChI is InChI=1S/C9H7ClN2O3/c1-4-5(3-11-14)2-6-8(7(4)10)12-9(13)15-6/h2H,3H2,1H3,(H,12,13). The minimum Gasteiger partial charge on any atom is -0.408 e. The van der Waals surface area contributed by atoms with Crippen molar-refractivity contribution in [1.29, 1.82) is 0 Å². The van der Waals surface area contributed by atoms with E-state index in [0.29, 0.717) is 21.7 Å². The van der Waals surface area contributed by atoms with Crippen LogP contribution in [0.1, 0.15) is 11.1 Å². The van der Waals surface area contributed by atoms with Crippen LogP contribution in [0.2, 0.25) is 5.02 Å². The molecule has 0 unspecified atom stereocenters. The first-order valence-corrected chi connectivity index (χ1v) is 4.61. The van der Waals surface area contributed by atoms with Crippen LogP contribution in [0, 0.1) is 11.8 Å². The van der Waals surface area contributed by atoms with Crippen molar-refractivity contribution in [1.82, 2.24) is 4.98 Å². The summed E-state index contributed by atoms with van der Waals surface area (Å²) in [5.74, 6) is -0.567. The Bertz CT molecular complexity index is 585. The Hall–Kier alpha value is -1.62. The molecule has 0 aliphatic heterocycles. The lowest BCUT2D eigenvalue weighted by Gasteiger charge is -2.03. The number of nitrogens with one attached hydrogen (secondary N) is 1. The molecule has 0 saturated carbocycles. The maximum Gasteiger partial charge on any atom is 0.417 e. The van der Waals surface area contributed by atoms with Crippen LogP contribution in [0.3, 0.4) is 0 Å². The fourth-order valence-corrected chi connectivity index (χ4v) is 1.70. The minimum absolute atomic E-state index is 0.0103. The number of H-pyrrole nitrogens is 1. The lowest BCUT2D eigenvalue weighted by molar-refractivity contribution is 0.555. The van der Waals surface area contributed by atoms with Crippen LogP contribution in [0.25, 0.3) is 11.1 Å². The van der Waals surface area contributed by atoms with E-state index < -0.39 is 5.76 Å². The van der Waals surface area contributed by atoms with Crippen molar-refractivity contribution < 1.29 is 4.42 Å². The zero-order chi connectivity index (χ0) is 11.0. The SMILES string of the molecule is Cc1c(CN=O)cc2oc(=O)[nH]c2c1Cl. The molecule has 6 heteroatoms. The number of aromatic nitrogens is 1. The van der Waals surface area contributed by atoms with Crippen molar-refractivity contribution in [3.63, 3.8) is 0 Å². The molecule has 0 aliphatic carbocycles. The van der Waals surface area contributed by atoms with Crippen LogP contribution < -0.4 is 5.76 Å². The molecule has 1 aromatic heterocycles. The van der Waals surface area contributed by atoms with Crippen LogP contribution in [-0.2, 0) is 6.54 Å². The molecule has 0 atom stereocenters. The van der Waals surface area contributed by atoms with Gasteiger partial charge in [-0.15, -0.1) is 0 Å². The van der Waals surface area contributed by atoms with Crippen LogP contribution >= 0.6 is 11.6 Å². The first-order chi connectivity index (χ1) is 7.13. The van der Waals surface area contributed by atoms with E-state index in [2.05, 4.69) is 10.2 Å². The summed E-state index contributed by atoms with van der Waals surface area (Å²) in [5.41, 5.74) is 2.18. The topological polar surface area (TPSA) is 75.4 Å². The van der Waals surface area contributed by atoms with Gasteiger partial charge in [-0.05, 0) is 24.1 Å². The number of rotatable bonds is 2. The van der Waals surface area contributed by atoms with E-state index in [1.165, 1.54) is 0 Å². The summed E-state index contributed by atoms with van der Waals surface area (Å²) >= 11 is 6.01. The molecule has 1 aromatic carbocycles. The van der Waals surface area contributed by atoms with Gasteiger partial charge in [0.15, 0.2) is 5.58 Å². The molecule has 0 radical (unpaired) electrons. The van der Waals surface area contributed by atoms with Gasteiger partial charge in [0.2, 0.25) is 0 Å². The first kappa shape index (κ1) is 9.92. The summed E-state index contributed by atoms with van der Waals surface area (Å²) in [5, 5.41) is 3.17. The van der Waals surface area contributed by atoms with Crippen LogP contribution in [0.15, 0.2) is 20.5 Å². The number of nitrogens with zero attached hydrogens (tertiary/aromatic N) is 1. The molecule has 15 heavy (non-hydrogen) atoms. The molecule has 0 aliphatic rings. The predicted molar refractivity (Wildman–Crippen MR) is 56.1 cm³/mol. The Morgan fingerprint density at radius 3 is 3.00 bits per heavy atom. The second-order valence-electron chi connectivity index (χ2n) is 3.15. The molecule has 0 amide bonds. The maximum absolute atomic E-state index is 11.0. The highest BCUT2D eigenvalue weighted by Gasteiger charge is 2.12. The van der Waals surface area contributed by atoms with Crippen LogP contribution in [-0.4, -0.2) is 4.98 Å². The average molecular weight is 227 g/mol. The molecule has 2 rings (SSSR count). The summed E-state index contributed by atoms with van der Waals surface area (Å²) in [4.78, 5) is 23.6. The number of fused-ring (bicyclic) bond motifs is 1. The Morgan fingerprint density at radius 2 is 2.33 bits per heavy atom. The molecule has 0 spiro atoms. The van der Waals surface area contributed by atoms with Gasteiger partial charge in [-0.3, -0.25) is 4.98 Å². The summed E-state index contributed by atoms with van der Waals surface area (Å²) in [7, 11) is 0. The van der Waals surface area contributed by atoms with Gasteiger partial charge >= 0.3 is 5.76 Å². The third-order valence-electron chi connectivity index (χ3n) is 2.25.